The Bertz CT molecular complexity index is 387. The number of halogens is 2. The third-order valence-corrected chi connectivity index (χ3v) is 3.87. The van der Waals surface area contributed by atoms with Crippen molar-refractivity contribution in [3.63, 3.8) is 0 Å². The normalized spacial score (nSPS) is 16.5. The van der Waals surface area contributed by atoms with E-state index in [1.54, 1.807) is 6.07 Å². The molecule has 1 aliphatic rings. The molecule has 1 N–H and O–H groups in total. The van der Waals surface area contributed by atoms with Crippen molar-refractivity contribution in [3.8, 4) is 0 Å². The Morgan fingerprint density at radius 3 is 2.75 bits per heavy atom. The van der Waals surface area contributed by atoms with Crippen molar-refractivity contribution in [2.45, 2.75) is 51.2 Å². The van der Waals surface area contributed by atoms with E-state index in [0.717, 1.165) is 25.1 Å². The fourth-order valence-corrected chi connectivity index (χ4v) is 2.87. The number of ether oxygens (including phenoxy) is 1. The van der Waals surface area contributed by atoms with Crippen LogP contribution in [-0.4, -0.2) is 19.3 Å². The number of hydrogen-bond acceptors (Lipinski definition) is 2. The minimum absolute atomic E-state index is 0.282. The Morgan fingerprint density at radius 2 is 2.00 bits per heavy atom. The van der Waals surface area contributed by atoms with Gasteiger partial charge in [-0.15, -0.1) is 0 Å². The van der Waals surface area contributed by atoms with Crippen molar-refractivity contribution in [1.29, 1.82) is 0 Å². The van der Waals surface area contributed by atoms with Gasteiger partial charge in [-0.05, 0) is 49.6 Å². The van der Waals surface area contributed by atoms with Crippen LogP contribution in [0.2, 0.25) is 5.02 Å². The van der Waals surface area contributed by atoms with Crippen LogP contribution in [0.3, 0.4) is 0 Å². The van der Waals surface area contributed by atoms with Crippen molar-refractivity contribution in [1.82, 2.24) is 5.32 Å². The molecule has 1 saturated carbocycles. The maximum absolute atomic E-state index is 13.1. The fraction of sp³-hybridized carbons (Fsp3) is 0.625. The van der Waals surface area contributed by atoms with Crippen LogP contribution in [0.1, 0.15) is 44.1 Å². The first-order valence-corrected chi connectivity index (χ1v) is 7.89. The lowest BCUT2D eigenvalue weighted by molar-refractivity contribution is 0.0273. The second-order valence-corrected chi connectivity index (χ2v) is 5.88. The molecule has 1 aromatic carbocycles. The molecule has 0 unspecified atom stereocenters. The van der Waals surface area contributed by atoms with Gasteiger partial charge in [-0.1, -0.05) is 30.9 Å². The third kappa shape index (κ3) is 5.78. The molecule has 0 bridgehead atoms. The van der Waals surface area contributed by atoms with Gasteiger partial charge in [0.25, 0.3) is 0 Å². The average molecular weight is 300 g/mol. The molecule has 0 saturated heterocycles. The molecule has 0 amide bonds. The predicted molar refractivity (Wildman–Crippen MR) is 80.6 cm³/mol. The van der Waals surface area contributed by atoms with Crippen molar-refractivity contribution in [2.75, 3.05) is 13.2 Å². The number of hydrogen-bond donors (Lipinski definition) is 1. The smallest absolute Gasteiger partial charge is 0.125 e. The standard InChI is InChI=1S/C16H23ClFNO/c17-14-9-13(10-15(18)11-14)12-19-7-4-8-20-16-5-2-1-3-6-16/h9-11,16,19H,1-8,12H2. The summed E-state index contributed by atoms with van der Waals surface area (Å²) < 4.78 is 19.0. The van der Waals surface area contributed by atoms with Gasteiger partial charge >= 0.3 is 0 Å². The van der Waals surface area contributed by atoms with Crippen molar-refractivity contribution in [3.05, 3.63) is 34.6 Å². The van der Waals surface area contributed by atoms with E-state index >= 15 is 0 Å². The largest absolute Gasteiger partial charge is 0.378 e. The molecule has 2 rings (SSSR count). The topological polar surface area (TPSA) is 21.3 Å². The number of rotatable bonds is 7. The lowest BCUT2D eigenvalue weighted by Crippen LogP contribution is -2.20. The van der Waals surface area contributed by atoms with Gasteiger partial charge in [0.2, 0.25) is 0 Å². The summed E-state index contributed by atoms with van der Waals surface area (Å²) >= 11 is 5.81. The molecule has 2 nitrogen and oxygen atoms in total. The van der Waals surface area contributed by atoms with Crippen molar-refractivity contribution in [2.24, 2.45) is 0 Å². The van der Waals surface area contributed by atoms with Crippen LogP contribution in [0.5, 0.6) is 0 Å². The average Bonchev–Trinajstić information content (AvgIpc) is 2.43. The molecule has 1 aliphatic carbocycles. The molecule has 1 fully saturated rings. The van der Waals surface area contributed by atoms with E-state index in [1.807, 2.05) is 0 Å². The van der Waals surface area contributed by atoms with Gasteiger partial charge in [0.15, 0.2) is 0 Å². The van der Waals surface area contributed by atoms with Crippen LogP contribution in [0.4, 0.5) is 4.39 Å². The molecule has 0 radical (unpaired) electrons. The van der Waals surface area contributed by atoms with Crippen LogP contribution < -0.4 is 5.32 Å². The Hall–Kier alpha value is -0.640. The van der Waals surface area contributed by atoms with Crippen LogP contribution in [-0.2, 0) is 11.3 Å². The van der Waals surface area contributed by atoms with Crippen LogP contribution >= 0.6 is 11.6 Å². The third-order valence-electron chi connectivity index (χ3n) is 3.66. The lowest BCUT2D eigenvalue weighted by Gasteiger charge is -2.21. The van der Waals surface area contributed by atoms with Gasteiger partial charge in [-0.25, -0.2) is 4.39 Å². The summed E-state index contributed by atoms with van der Waals surface area (Å²) in [6.07, 6.45) is 7.87. The van der Waals surface area contributed by atoms with Gasteiger partial charge in [0, 0.05) is 18.2 Å². The monoisotopic (exact) mass is 299 g/mol. The lowest BCUT2D eigenvalue weighted by atomic mass is 9.98. The highest BCUT2D eigenvalue weighted by Crippen LogP contribution is 2.20. The summed E-state index contributed by atoms with van der Waals surface area (Å²) in [6, 6.07) is 4.62. The molecule has 0 heterocycles. The van der Waals surface area contributed by atoms with E-state index in [1.165, 1.54) is 44.2 Å². The first-order chi connectivity index (χ1) is 9.74. The van der Waals surface area contributed by atoms with Crippen LogP contribution in [0.15, 0.2) is 18.2 Å². The summed E-state index contributed by atoms with van der Waals surface area (Å²) in [5.74, 6) is -0.282. The van der Waals surface area contributed by atoms with E-state index in [2.05, 4.69) is 5.32 Å². The molecule has 0 atom stereocenters. The van der Waals surface area contributed by atoms with Crippen LogP contribution in [0.25, 0.3) is 0 Å². The maximum Gasteiger partial charge on any atom is 0.125 e. The molecule has 0 aliphatic heterocycles. The predicted octanol–water partition coefficient (Wildman–Crippen LogP) is 4.31. The Morgan fingerprint density at radius 1 is 1.20 bits per heavy atom. The molecule has 20 heavy (non-hydrogen) atoms. The molecule has 1 aromatic rings. The Balaban J connectivity index is 1.54. The zero-order valence-corrected chi connectivity index (χ0v) is 12.6. The zero-order chi connectivity index (χ0) is 14.2. The summed E-state index contributed by atoms with van der Waals surface area (Å²) in [5, 5.41) is 3.74. The van der Waals surface area contributed by atoms with Crippen molar-refractivity contribution >= 4 is 11.6 Å². The summed E-state index contributed by atoms with van der Waals surface area (Å²) in [5.41, 5.74) is 0.878. The quantitative estimate of drug-likeness (QED) is 0.758. The van der Waals surface area contributed by atoms with E-state index in [0.29, 0.717) is 17.7 Å². The minimum atomic E-state index is -0.282. The first-order valence-electron chi connectivity index (χ1n) is 7.51. The summed E-state index contributed by atoms with van der Waals surface area (Å²) in [4.78, 5) is 0. The number of nitrogens with one attached hydrogen (secondary N) is 1. The molecular formula is C16H23ClFNO. The van der Waals surface area contributed by atoms with Gasteiger partial charge in [0.1, 0.15) is 5.82 Å². The SMILES string of the molecule is Fc1cc(Cl)cc(CNCCCOC2CCCCC2)c1. The second kappa shape index (κ2) is 8.60. The van der Waals surface area contributed by atoms with Gasteiger partial charge in [-0.2, -0.15) is 0 Å². The zero-order valence-electron chi connectivity index (χ0n) is 11.8. The van der Waals surface area contributed by atoms with Gasteiger partial charge in [0.05, 0.1) is 6.10 Å². The second-order valence-electron chi connectivity index (χ2n) is 5.44. The Labute approximate surface area is 125 Å². The summed E-state index contributed by atoms with van der Waals surface area (Å²) in [6.45, 7) is 2.32. The number of benzene rings is 1. The van der Waals surface area contributed by atoms with Gasteiger partial charge in [-0.3, -0.25) is 0 Å². The molecule has 0 spiro atoms. The Kier molecular flexibility index (Phi) is 6.77. The first kappa shape index (κ1) is 15.7. The molecular weight excluding hydrogens is 277 g/mol. The van der Waals surface area contributed by atoms with E-state index in [9.17, 15) is 4.39 Å². The maximum atomic E-state index is 13.1. The molecule has 4 heteroatoms. The minimum Gasteiger partial charge on any atom is -0.378 e. The summed E-state index contributed by atoms with van der Waals surface area (Å²) in [7, 11) is 0. The highest BCUT2D eigenvalue weighted by molar-refractivity contribution is 6.30. The van der Waals surface area contributed by atoms with E-state index < -0.39 is 0 Å². The van der Waals surface area contributed by atoms with E-state index in [-0.39, 0.29) is 5.82 Å². The highest BCUT2D eigenvalue weighted by Gasteiger charge is 2.12. The fourth-order valence-electron chi connectivity index (χ4n) is 2.62. The van der Waals surface area contributed by atoms with Gasteiger partial charge < -0.3 is 10.1 Å². The molecule has 0 aromatic heterocycles. The van der Waals surface area contributed by atoms with E-state index in [4.69, 9.17) is 16.3 Å². The van der Waals surface area contributed by atoms with Crippen LogP contribution in [0, 0.1) is 5.82 Å². The van der Waals surface area contributed by atoms with Crippen molar-refractivity contribution < 1.29 is 9.13 Å². The highest BCUT2D eigenvalue weighted by atomic mass is 35.5. The molecule has 112 valence electrons.